The molecule has 3 heterocycles. The van der Waals surface area contributed by atoms with Crippen LogP contribution in [0.2, 0.25) is 0 Å². The van der Waals surface area contributed by atoms with Crippen LogP contribution in [0, 0.1) is 0 Å². The van der Waals surface area contributed by atoms with Gasteiger partial charge in [0.1, 0.15) is 33.9 Å². The summed E-state index contributed by atoms with van der Waals surface area (Å²) in [6, 6.07) is 5.10. The first kappa shape index (κ1) is 50.1. The van der Waals surface area contributed by atoms with E-state index in [1.807, 2.05) is 0 Å². The second kappa shape index (κ2) is 24.3. The van der Waals surface area contributed by atoms with Crippen LogP contribution in [0.1, 0.15) is 90.4 Å². The first-order valence-corrected chi connectivity index (χ1v) is 22.2. The van der Waals surface area contributed by atoms with Crippen LogP contribution in [-0.4, -0.2) is 89.0 Å². The largest absolute Gasteiger partial charge is 0.504 e. The normalized spacial score (nSPS) is 10.7. The Bertz CT molecular complexity index is 2360. The Morgan fingerprint density at radius 3 is 1.10 bits per heavy atom. The summed E-state index contributed by atoms with van der Waals surface area (Å²) in [5, 5.41) is 14.2. The van der Waals surface area contributed by atoms with Crippen LogP contribution >= 0.6 is 31.9 Å². The minimum absolute atomic E-state index is 0.0956. The third kappa shape index (κ3) is 11.2. The molecule has 0 aliphatic heterocycles. The van der Waals surface area contributed by atoms with E-state index in [0.29, 0.717) is 98.8 Å². The number of benzene rings is 3. The fourth-order valence-electron chi connectivity index (χ4n) is 6.90. The van der Waals surface area contributed by atoms with Crippen LogP contribution < -0.4 is 37.9 Å². The van der Waals surface area contributed by atoms with Gasteiger partial charge >= 0.3 is 0 Å². The van der Waals surface area contributed by atoms with E-state index in [9.17, 15) is 19.5 Å². The molecule has 0 amide bonds. The minimum atomic E-state index is -0.305. The van der Waals surface area contributed by atoms with Gasteiger partial charge in [-0.3, -0.25) is 14.4 Å². The summed E-state index contributed by atoms with van der Waals surface area (Å²) in [4.78, 5) is 36.6. The number of unbranched alkanes of at least 4 members (excludes halogenated alkanes) is 4. The second-order valence-corrected chi connectivity index (χ2v) is 15.3. The summed E-state index contributed by atoms with van der Waals surface area (Å²) < 4.78 is 60.8. The maximum atomic E-state index is 12.5. The summed E-state index contributed by atoms with van der Waals surface area (Å²) in [5.74, 6) is 1.46. The lowest BCUT2D eigenvalue weighted by Gasteiger charge is -2.18. The zero-order chi connectivity index (χ0) is 46.2. The maximum absolute atomic E-state index is 12.5. The van der Waals surface area contributed by atoms with Crippen molar-refractivity contribution in [3.63, 3.8) is 0 Å². The van der Waals surface area contributed by atoms with E-state index >= 15 is 0 Å². The van der Waals surface area contributed by atoms with Gasteiger partial charge in [0.15, 0.2) is 51.3 Å². The van der Waals surface area contributed by atoms with Crippen molar-refractivity contribution < 1.29 is 70.6 Å². The predicted octanol–water partition coefficient (Wildman–Crippen LogP) is 11.6. The number of alkyl halides is 2. The number of ketones is 3. The average Bonchev–Trinajstić information content (AvgIpc) is 4.07. The molecule has 0 saturated heterocycles. The lowest BCUT2D eigenvalue weighted by molar-refractivity contribution is 0.0997. The van der Waals surface area contributed by atoms with Gasteiger partial charge in [0.25, 0.3) is 0 Å². The molecule has 0 atom stereocenters. The highest BCUT2D eigenvalue weighted by atomic mass is 79.9. The number of phenolic OH excluding ortho intramolecular Hbond substituents is 1. The molecular formula is C46H54Br2O15. The number of hydrogen-bond donors (Lipinski definition) is 1. The number of Topliss-reactive ketones (excluding diaryl/α,β-unsaturated/α-hetero) is 3. The highest BCUT2D eigenvalue weighted by molar-refractivity contribution is 9.09. The maximum Gasteiger partial charge on any atom is 0.205 e. The molecule has 15 nitrogen and oxygen atoms in total. The molecular weight excluding hydrogens is 952 g/mol. The fraction of sp³-hybridized carbons (Fsp3) is 0.413. The van der Waals surface area contributed by atoms with Crippen LogP contribution in [0.3, 0.4) is 0 Å². The van der Waals surface area contributed by atoms with Crippen LogP contribution in [-0.2, 0) is 0 Å². The standard InChI is InChI=1S/C29H32O10.C12H12O5.C5H10Br2/c1-16(30)20-22(32-3)18-10-14-38-24(18)28(34-5)26(20)36-12-8-7-9-13-37-27-21(17(2)31)23(33-4)19-11-15-39-25(19)29(27)35-6;1-6(13)8-9(14)12(16-3)11-7(4-5-17-11)10(8)15-2;6-4-2-1-3-5-7/h10-11,14-15H,7-9,12-13H2,1-6H3;4-5,14H,1-3H3;1-5H2. The van der Waals surface area contributed by atoms with E-state index in [2.05, 4.69) is 31.9 Å². The lowest BCUT2D eigenvalue weighted by atomic mass is 10.0. The number of carbonyl (C=O) groups is 3. The van der Waals surface area contributed by atoms with Crippen LogP contribution in [0.15, 0.2) is 50.2 Å². The van der Waals surface area contributed by atoms with E-state index in [4.69, 9.17) is 51.1 Å². The Balaban J connectivity index is 0.000000297. The topological polar surface area (TPSA) is 185 Å². The Kier molecular flexibility index (Phi) is 19.4. The third-order valence-electron chi connectivity index (χ3n) is 9.68. The molecule has 0 aliphatic carbocycles. The molecule has 3 aromatic heterocycles. The van der Waals surface area contributed by atoms with E-state index < -0.39 is 0 Å². The highest BCUT2D eigenvalue weighted by Gasteiger charge is 2.29. The molecule has 3 aromatic carbocycles. The number of hydrogen-bond acceptors (Lipinski definition) is 15. The highest BCUT2D eigenvalue weighted by Crippen LogP contribution is 2.49. The van der Waals surface area contributed by atoms with E-state index in [1.165, 1.54) is 101 Å². The van der Waals surface area contributed by atoms with Gasteiger partial charge in [-0.25, -0.2) is 0 Å². The van der Waals surface area contributed by atoms with Crippen molar-refractivity contribution in [2.24, 2.45) is 0 Å². The predicted molar refractivity (Wildman–Crippen MR) is 246 cm³/mol. The van der Waals surface area contributed by atoms with Gasteiger partial charge in [-0.05, 0) is 71.1 Å². The van der Waals surface area contributed by atoms with Gasteiger partial charge in [-0.2, -0.15) is 0 Å². The zero-order valence-corrected chi connectivity index (χ0v) is 40.1. The van der Waals surface area contributed by atoms with Gasteiger partial charge in [0.05, 0.1) is 90.8 Å². The molecule has 63 heavy (non-hydrogen) atoms. The van der Waals surface area contributed by atoms with Gasteiger partial charge in [0.2, 0.25) is 17.2 Å². The third-order valence-corrected chi connectivity index (χ3v) is 10.8. The van der Waals surface area contributed by atoms with Gasteiger partial charge in [0, 0.05) is 10.7 Å². The van der Waals surface area contributed by atoms with Crippen LogP contribution in [0.5, 0.6) is 51.7 Å². The second-order valence-electron chi connectivity index (χ2n) is 13.7. The smallest absolute Gasteiger partial charge is 0.205 e. The van der Waals surface area contributed by atoms with Crippen molar-refractivity contribution in [1.29, 1.82) is 0 Å². The van der Waals surface area contributed by atoms with E-state index in [0.717, 1.165) is 17.1 Å². The molecule has 0 radical (unpaired) electrons. The number of rotatable bonds is 21. The molecule has 342 valence electrons. The Morgan fingerprint density at radius 1 is 0.460 bits per heavy atom. The summed E-state index contributed by atoms with van der Waals surface area (Å²) in [6.45, 7) is 4.89. The number of aromatic hydroxyl groups is 1. The fourth-order valence-corrected chi connectivity index (χ4v) is 7.69. The van der Waals surface area contributed by atoms with Crippen molar-refractivity contribution in [1.82, 2.24) is 0 Å². The number of furan rings is 3. The SMILES string of the molecule is BrCCCCCBr.COc1c(C(C)=O)c(O)c(OC)c2occc12.COc1c(C(C)=O)c(OCCCCCOc2c(C(C)=O)c(OC)c3ccoc3c2OC)c(OC)c2occc12. The van der Waals surface area contributed by atoms with Crippen molar-refractivity contribution in [2.45, 2.75) is 59.3 Å². The van der Waals surface area contributed by atoms with Gasteiger partial charge < -0.3 is 56.3 Å². The molecule has 0 unspecified atom stereocenters. The average molecular weight is 1010 g/mol. The van der Waals surface area contributed by atoms with Gasteiger partial charge in [-0.1, -0.05) is 38.3 Å². The summed E-state index contributed by atoms with van der Waals surface area (Å²) in [6.07, 6.45) is 10.5. The number of halogens is 2. The van der Waals surface area contributed by atoms with E-state index in [-0.39, 0.29) is 45.9 Å². The van der Waals surface area contributed by atoms with Crippen molar-refractivity contribution in [3.8, 4) is 51.7 Å². The molecule has 1 N–H and O–H groups in total. The Morgan fingerprint density at radius 2 is 0.778 bits per heavy atom. The molecule has 0 bridgehead atoms. The van der Waals surface area contributed by atoms with Gasteiger partial charge in [-0.15, -0.1) is 0 Å². The molecule has 0 spiro atoms. The molecule has 0 aliphatic rings. The number of carbonyl (C=O) groups excluding carboxylic acids is 3. The molecule has 0 saturated carbocycles. The molecule has 6 rings (SSSR count). The van der Waals surface area contributed by atoms with Crippen LogP contribution in [0.4, 0.5) is 0 Å². The monoisotopic (exact) mass is 1000 g/mol. The molecule has 17 heteroatoms. The Labute approximate surface area is 382 Å². The lowest BCUT2D eigenvalue weighted by Crippen LogP contribution is -2.09. The summed E-state index contributed by atoms with van der Waals surface area (Å²) >= 11 is 6.73. The van der Waals surface area contributed by atoms with Crippen molar-refractivity contribution >= 4 is 82.1 Å². The first-order valence-electron chi connectivity index (χ1n) is 20.0. The summed E-state index contributed by atoms with van der Waals surface area (Å²) in [7, 11) is 8.81. The summed E-state index contributed by atoms with van der Waals surface area (Å²) in [5.41, 5.74) is 1.95. The number of methoxy groups -OCH3 is 6. The number of phenols is 1. The quantitative estimate of drug-likeness (QED) is 0.0408. The Hall–Kier alpha value is -5.55. The first-order chi connectivity index (χ1) is 30.4. The van der Waals surface area contributed by atoms with Crippen molar-refractivity contribution in [2.75, 3.05) is 66.5 Å². The number of ether oxygens (including phenoxy) is 8. The zero-order valence-electron chi connectivity index (χ0n) is 37.0. The molecule has 6 aromatic rings. The molecule has 0 fully saturated rings. The van der Waals surface area contributed by atoms with E-state index in [1.54, 1.807) is 18.2 Å². The minimum Gasteiger partial charge on any atom is -0.504 e. The van der Waals surface area contributed by atoms with Crippen LogP contribution in [0.25, 0.3) is 32.9 Å². The van der Waals surface area contributed by atoms with Crippen molar-refractivity contribution in [3.05, 3.63) is 53.7 Å². The number of fused-ring (bicyclic) bond motifs is 3.